The second-order valence-corrected chi connectivity index (χ2v) is 8.89. The topological polar surface area (TPSA) is 41.5 Å². The molecule has 0 spiro atoms. The molecule has 0 amide bonds. The summed E-state index contributed by atoms with van der Waals surface area (Å²) in [6.07, 6.45) is 6.62. The highest BCUT2D eigenvalue weighted by Crippen LogP contribution is 2.35. The predicted molar refractivity (Wildman–Crippen MR) is 131 cm³/mol. The van der Waals surface area contributed by atoms with Crippen molar-refractivity contribution in [3.05, 3.63) is 102 Å². The lowest BCUT2D eigenvalue weighted by Gasteiger charge is -2.33. The van der Waals surface area contributed by atoms with Gasteiger partial charge in [0, 0.05) is 18.7 Å². The van der Waals surface area contributed by atoms with Gasteiger partial charge in [-0.2, -0.15) is 0 Å². The Morgan fingerprint density at radius 2 is 1.47 bits per heavy atom. The summed E-state index contributed by atoms with van der Waals surface area (Å²) in [5.74, 6) is 1.56. The van der Waals surface area contributed by atoms with E-state index in [-0.39, 0.29) is 6.61 Å². The molecule has 0 aliphatic heterocycles. The van der Waals surface area contributed by atoms with Gasteiger partial charge in [-0.3, -0.25) is 0 Å². The standard InChI is InChI=1S/C29H35NO2/c31-21-7-12-29(26-10-5-2-6-11-26)30-27-17-13-24(14-18-27)25-15-19-28(20-16-25)32-22-23-8-3-1-4-9-23/h1-6,8-11,15-16,19-20,24,27,29-31H,7,12-14,17-18,21-22H2. The average molecular weight is 430 g/mol. The quantitative estimate of drug-likeness (QED) is 0.392. The van der Waals surface area contributed by atoms with Gasteiger partial charge in [0.1, 0.15) is 12.4 Å². The van der Waals surface area contributed by atoms with E-state index in [2.05, 4.69) is 72.0 Å². The minimum absolute atomic E-state index is 0.253. The fourth-order valence-corrected chi connectivity index (χ4v) is 4.78. The van der Waals surface area contributed by atoms with Crippen molar-refractivity contribution in [1.29, 1.82) is 0 Å². The maximum absolute atomic E-state index is 9.30. The molecule has 0 radical (unpaired) electrons. The minimum Gasteiger partial charge on any atom is -0.489 e. The first-order valence-corrected chi connectivity index (χ1v) is 12.0. The molecule has 168 valence electrons. The highest BCUT2D eigenvalue weighted by atomic mass is 16.5. The molecule has 1 atom stereocenters. The van der Waals surface area contributed by atoms with Crippen LogP contribution in [0.3, 0.4) is 0 Å². The first-order chi connectivity index (χ1) is 15.8. The van der Waals surface area contributed by atoms with E-state index in [1.807, 2.05) is 18.2 Å². The third kappa shape index (κ3) is 6.44. The molecule has 1 saturated carbocycles. The van der Waals surface area contributed by atoms with Crippen molar-refractivity contribution in [1.82, 2.24) is 5.32 Å². The van der Waals surface area contributed by atoms with Gasteiger partial charge in [-0.1, -0.05) is 72.8 Å². The van der Waals surface area contributed by atoms with Gasteiger partial charge in [-0.05, 0) is 73.3 Å². The Kier molecular flexibility index (Phi) is 8.35. The van der Waals surface area contributed by atoms with Crippen LogP contribution in [-0.2, 0) is 6.61 Å². The highest BCUT2D eigenvalue weighted by molar-refractivity contribution is 5.30. The Bertz CT molecular complexity index is 903. The molecule has 3 aromatic carbocycles. The van der Waals surface area contributed by atoms with E-state index in [4.69, 9.17) is 4.74 Å². The molecule has 0 heterocycles. The number of hydrogen-bond donors (Lipinski definition) is 2. The smallest absolute Gasteiger partial charge is 0.119 e. The number of hydrogen-bond acceptors (Lipinski definition) is 3. The number of aliphatic hydroxyl groups excluding tert-OH is 1. The summed E-state index contributed by atoms with van der Waals surface area (Å²) in [5.41, 5.74) is 3.94. The molecule has 3 nitrogen and oxygen atoms in total. The lowest BCUT2D eigenvalue weighted by Crippen LogP contribution is -2.35. The summed E-state index contributed by atoms with van der Waals surface area (Å²) >= 11 is 0. The first-order valence-electron chi connectivity index (χ1n) is 12.0. The van der Waals surface area contributed by atoms with Gasteiger partial charge >= 0.3 is 0 Å². The largest absolute Gasteiger partial charge is 0.489 e. The van der Waals surface area contributed by atoms with Crippen LogP contribution in [0.1, 0.15) is 67.2 Å². The number of rotatable bonds is 10. The maximum Gasteiger partial charge on any atom is 0.119 e. The molecule has 1 unspecified atom stereocenters. The Hall–Kier alpha value is -2.62. The molecule has 0 bridgehead atoms. The lowest BCUT2D eigenvalue weighted by molar-refractivity contribution is 0.261. The Balaban J connectivity index is 1.27. The summed E-state index contributed by atoms with van der Waals surface area (Å²) in [6, 6.07) is 30.5. The number of aliphatic hydroxyl groups is 1. The van der Waals surface area contributed by atoms with Crippen LogP contribution in [0.2, 0.25) is 0 Å². The molecular weight excluding hydrogens is 394 g/mol. The van der Waals surface area contributed by atoms with Crippen molar-refractivity contribution >= 4 is 0 Å². The molecule has 1 aliphatic rings. The molecular formula is C29H35NO2. The van der Waals surface area contributed by atoms with Gasteiger partial charge < -0.3 is 15.2 Å². The average Bonchev–Trinajstić information content (AvgIpc) is 2.87. The summed E-state index contributed by atoms with van der Waals surface area (Å²) in [7, 11) is 0. The number of ether oxygens (including phenoxy) is 1. The van der Waals surface area contributed by atoms with Crippen LogP contribution in [0, 0.1) is 0 Å². The zero-order valence-electron chi connectivity index (χ0n) is 18.8. The summed E-state index contributed by atoms with van der Waals surface area (Å²) in [4.78, 5) is 0. The highest BCUT2D eigenvalue weighted by Gasteiger charge is 2.24. The normalized spacial score (nSPS) is 19.4. The first kappa shape index (κ1) is 22.6. The van der Waals surface area contributed by atoms with E-state index in [0.29, 0.717) is 24.6 Å². The minimum atomic E-state index is 0.253. The van der Waals surface area contributed by atoms with Crippen molar-refractivity contribution in [2.75, 3.05) is 6.61 Å². The SMILES string of the molecule is OCCCC(NC1CCC(c2ccc(OCc3ccccc3)cc2)CC1)c1ccccc1. The lowest BCUT2D eigenvalue weighted by atomic mass is 9.81. The van der Waals surface area contributed by atoms with Crippen LogP contribution in [0.15, 0.2) is 84.9 Å². The Morgan fingerprint density at radius 3 is 2.12 bits per heavy atom. The van der Waals surface area contributed by atoms with E-state index < -0.39 is 0 Å². The maximum atomic E-state index is 9.30. The Morgan fingerprint density at radius 1 is 0.812 bits per heavy atom. The van der Waals surface area contributed by atoms with Gasteiger partial charge in [-0.25, -0.2) is 0 Å². The van der Waals surface area contributed by atoms with E-state index in [9.17, 15) is 5.11 Å². The van der Waals surface area contributed by atoms with Crippen LogP contribution in [0.25, 0.3) is 0 Å². The van der Waals surface area contributed by atoms with E-state index in [0.717, 1.165) is 18.6 Å². The Labute approximate surface area is 192 Å². The molecule has 0 saturated heterocycles. The molecule has 1 fully saturated rings. The van der Waals surface area contributed by atoms with Crippen LogP contribution in [0.4, 0.5) is 0 Å². The van der Waals surface area contributed by atoms with Crippen LogP contribution < -0.4 is 10.1 Å². The van der Waals surface area contributed by atoms with E-state index in [1.54, 1.807) is 0 Å². The number of nitrogens with one attached hydrogen (secondary N) is 1. The third-order valence-electron chi connectivity index (χ3n) is 6.62. The molecule has 32 heavy (non-hydrogen) atoms. The fourth-order valence-electron chi connectivity index (χ4n) is 4.78. The van der Waals surface area contributed by atoms with Crippen molar-refractivity contribution < 1.29 is 9.84 Å². The van der Waals surface area contributed by atoms with Gasteiger partial charge in [-0.15, -0.1) is 0 Å². The van der Waals surface area contributed by atoms with Gasteiger partial charge in [0.15, 0.2) is 0 Å². The monoisotopic (exact) mass is 429 g/mol. The van der Waals surface area contributed by atoms with Crippen molar-refractivity contribution in [3.63, 3.8) is 0 Å². The molecule has 3 aromatic rings. The zero-order chi connectivity index (χ0) is 22.0. The van der Waals surface area contributed by atoms with Crippen molar-refractivity contribution in [3.8, 4) is 5.75 Å². The second-order valence-electron chi connectivity index (χ2n) is 8.89. The molecule has 1 aliphatic carbocycles. The van der Waals surface area contributed by atoms with Crippen LogP contribution in [0.5, 0.6) is 5.75 Å². The van der Waals surface area contributed by atoms with Gasteiger partial charge in [0.05, 0.1) is 0 Å². The summed E-state index contributed by atoms with van der Waals surface area (Å²) in [6.45, 7) is 0.860. The predicted octanol–water partition coefficient (Wildman–Crippen LogP) is 6.40. The molecule has 4 rings (SSSR count). The summed E-state index contributed by atoms with van der Waals surface area (Å²) in [5, 5.41) is 13.2. The fraction of sp³-hybridized carbons (Fsp3) is 0.379. The number of benzene rings is 3. The summed E-state index contributed by atoms with van der Waals surface area (Å²) < 4.78 is 5.94. The van der Waals surface area contributed by atoms with E-state index in [1.165, 1.54) is 42.4 Å². The second kappa shape index (κ2) is 11.8. The van der Waals surface area contributed by atoms with Crippen molar-refractivity contribution in [2.24, 2.45) is 0 Å². The molecule has 3 heteroatoms. The molecule has 2 N–H and O–H groups in total. The van der Waals surface area contributed by atoms with Crippen molar-refractivity contribution in [2.45, 2.75) is 63.1 Å². The van der Waals surface area contributed by atoms with Crippen LogP contribution in [-0.4, -0.2) is 17.8 Å². The molecule has 0 aromatic heterocycles. The zero-order valence-corrected chi connectivity index (χ0v) is 18.8. The van der Waals surface area contributed by atoms with Crippen LogP contribution >= 0.6 is 0 Å². The van der Waals surface area contributed by atoms with E-state index >= 15 is 0 Å². The third-order valence-corrected chi connectivity index (χ3v) is 6.62. The van der Waals surface area contributed by atoms with Gasteiger partial charge in [0.2, 0.25) is 0 Å². The van der Waals surface area contributed by atoms with Gasteiger partial charge in [0.25, 0.3) is 0 Å².